The Balaban J connectivity index is 1.75. The maximum Gasteiger partial charge on any atom is 0.246 e. The number of para-hydroxylation sites is 2. The van der Waals surface area contributed by atoms with Crippen LogP contribution in [0.25, 0.3) is 17.1 Å². The van der Waals surface area contributed by atoms with E-state index in [0.29, 0.717) is 6.04 Å². The van der Waals surface area contributed by atoms with Crippen LogP contribution in [0.15, 0.2) is 36.5 Å². The number of amides is 1. The van der Waals surface area contributed by atoms with Crippen molar-refractivity contribution in [2.75, 3.05) is 6.54 Å². The van der Waals surface area contributed by atoms with E-state index in [-0.39, 0.29) is 5.91 Å². The second kappa shape index (κ2) is 6.69. The monoisotopic (exact) mass is 295 g/mol. The van der Waals surface area contributed by atoms with Crippen molar-refractivity contribution in [3.63, 3.8) is 0 Å². The molecule has 1 fully saturated rings. The predicted molar refractivity (Wildman–Crippen MR) is 88.2 cm³/mol. The molecule has 1 saturated heterocycles. The molecule has 4 heteroatoms. The fourth-order valence-electron chi connectivity index (χ4n) is 3.02. The lowest BCUT2D eigenvalue weighted by Crippen LogP contribution is -2.42. The van der Waals surface area contributed by atoms with E-state index in [1.165, 1.54) is 6.42 Å². The smallest absolute Gasteiger partial charge is 0.246 e. The van der Waals surface area contributed by atoms with E-state index in [0.717, 1.165) is 42.5 Å². The van der Waals surface area contributed by atoms with Crippen LogP contribution in [-0.2, 0) is 4.79 Å². The van der Waals surface area contributed by atoms with Crippen molar-refractivity contribution in [3.8, 4) is 0 Å². The second-order valence-corrected chi connectivity index (χ2v) is 5.71. The number of rotatable bonds is 3. The Morgan fingerprint density at radius 1 is 1.32 bits per heavy atom. The van der Waals surface area contributed by atoms with Gasteiger partial charge in [-0.15, -0.1) is 0 Å². The fraction of sp³-hybridized carbons (Fsp3) is 0.389. The maximum absolute atomic E-state index is 12.4. The molecule has 1 aromatic carbocycles. The summed E-state index contributed by atoms with van der Waals surface area (Å²) in [5, 5.41) is 0. The van der Waals surface area contributed by atoms with Crippen LogP contribution in [-0.4, -0.2) is 33.4 Å². The minimum atomic E-state index is 0.0847. The molecule has 2 heterocycles. The van der Waals surface area contributed by atoms with Gasteiger partial charge in [-0.3, -0.25) is 9.78 Å². The fourth-order valence-corrected chi connectivity index (χ4v) is 3.02. The van der Waals surface area contributed by atoms with E-state index >= 15 is 0 Å². The van der Waals surface area contributed by atoms with E-state index in [2.05, 4.69) is 16.9 Å². The zero-order chi connectivity index (χ0) is 15.4. The molecule has 1 aliphatic heterocycles. The summed E-state index contributed by atoms with van der Waals surface area (Å²) >= 11 is 0. The van der Waals surface area contributed by atoms with E-state index < -0.39 is 0 Å². The first-order chi connectivity index (χ1) is 10.8. The quantitative estimate of drug-likeness (QED) is 0.815. The van der Waals surface area contributed by atoms with Gasteiger partial charge in [0, 0.05) is 18.7 Å². The summed E-state index contributed by atoms with van der Waals surface area (Å²) in [5.74, 6) is 0.0847. The number of hydrogen-bond acceptors (Lipinski definition) is 3. The maximum atomic E-state index is 12.4. The molecule has 1 aromatic heterocycles. The van der Waals surface area contributed by atoms with Crippen molar-refractivity contribution in [1.29, 1.82) is 0 Å². The highest BCUT2D eigenvalue weighted by Crippen LogP contribution is 2.20. The molecule has 0 saturated carbocycles. The molecule has 0 N–H and O–H groups in total. The second-order valence-electron chi connectivity index (χ2n) is 5.71. The molecule has 3 rings (SSSR count). The van der Waals surface area contributed by atoms with Crippen LogP contribution in [0.5, 0.6) is 0 Å². The topological polar surface area (TPSA) is 46.1 Å². The molecule has 0 spiro atoms. The van der Waals surface area contributed by atoms with Gasteiger partial charge in [-0.2, -0.15) is 0 Å². The van der Waals surface area contributed by atoms with E-state index in [1.807, 2.05) is 29.2 Å². The van der Waals surface area contributed by atoms with Gasteiger partial charge in [0.25, 0.3) is 0 Å². The van der Waals surface area contributed by atoms with Gasteiger partial charge >= 0.3 is 0 Å². The van der Waals surface area contributed by atoms with Crippen LogP contribution < -0.4 is 0 Å². The molecule has 1 atom stereocenters. The van der Waals surface area contributed by atoms with Gasteiger partial charge in [0.1, 0.15) is 0 Å². The molecule has 1 aliphatic rings. The normalized spacial score (nSPS) is 19.0. The van der Waals surface area contributed by atoms with Crippen molar-refractivity contribution < 1.29 is 4.79 Å². The number of nitrogens with zero attached hydrogens (tertiary/aromatic N) is 3. The molecule has 114 valence electrons. The van der Waals surface area contributed by atoms with Gasteiger partial charge in [0.2, 0.25) is 5.91 Å². The summed E-state index contributed by atoms with van der Waals surface area (Å²) in [6.45, 7) is 3.01. The Bertz CT molecular complexity index is 696. The van der Waals surface area contributed by atoms with Gasteiger partial charge in [-0.1, -0.05) is 19.1 Å². The lowest BCUT2D eigenvalue weighted by molar-refractivity contribution is -0.129. The molecule has 0 bridgehead atoms. The molecular weight excluding hydrogens is 274 g/mol. The van der Waals surface area contributed by atoms with Crippen LogP contribution in [0.4, 0.5) is 0 Å². The summed E-state index contributed by atoms with van der Waals surface area (Å²) in [7, 11) is 0. The Hall–Kier alpha value is -2.23. The number of benzene rings is 1. The van der Waals surface area contributed by atoms with E-state index in [1.54, 1.807) is 18.3 Å². The van der Waals surface area contributed by atoms with Crippen molar-refractivity contribution in [1.82, 2.24) is 14.9 Å². The standard InChI is InChI=1S/C18H21N3O/c1-2-15-7-5-6-12-21(15)18(22)11-10-14-13-19-16-8-3-4-9-17(16)20-14/h3-4,8-11,13,15H,2,5-7,12H2,1H3. The average Bonchev–Trinajstić information content (AvgIpc) is 2.59. The Kier molecular flexibility index (Phi) is 4.47. The summed E-state index contributed by atoms with van der Waals surface area (Å²) in [5.41, 5.74) is 2.44. The number of carbonyl (C=O) groups excluding carboxylic acids is 1. The van der Waals surface area contributed by atoms with Crippen LogP contribution >= 0.6 is 0 Å². The first-order valence-electron chi connectivity index (χ1n) is 7.98. The van der Waals surface area contributed by atoms with Crippen LogP contribution in [0.3, 0.4) is 0 Å². The lowest BCUT2D eigenvalue weighted by atomic mass is 10.00. The van der Waals surface area contributed by atoms with E-state index in [4.69, 9.17) is 0 Å². The number of aromatic nitrogens is 2. The largest absolute Gasteiger partial charge is 0.336 e. The third kappa shape index (κ3) is 3.16. The molecular formula is C18H21N3O. The number of fused-ring (bicyclic) bond motifs is 1. The van der Waals surface area contributed by atoms with Crippen LogP contribution in [0.1, 0.15) is 38.3 Å². The molecule has 0 radical (unpaired) electrons. The molecule has 22 heavy (non-hydrogen) atoms. The van der Waals surface area contributed by atoms with Crippen molar-refractivity contribution in [3.05, 3.63) is 42.2 Å². The first-order valence-corrected chi connectivity index (χ1v) is 7.98. The minimum absolute atomic E-state index is 0.0847. The van der Waals surface area contributed by atoms with Crippen LogP contribution in [0.2, 0.25) is 0 Å². The summed E-state index contributed by atoms with van der Waals surface area (Å²) in [6.07, 6.45) is 9.57. The van der Waals surface area contributed by atoms with Crippen LogP contribution in [0, 0.1) is 0 Å². The van der Waals surface area contributed by atoms with Gasteiger partial charge in [0.15, 0.2) is 0 Å². The number of likely N-dealkylation sites (tertiary alicyclic amines) is 1. The van der Waals surface area contributed by atoms with Crippen molar-refractivity contribution >= 4 is 23.0 Å². The average molecular weight is 295 g/mol. The zero-order valence-electron chi connectivity index (χ0n) is 12.9. The summed E-state index contributed by atoms with van der Waals surface area (Å²) in [4.78, 5) is 23.3. The predicted octanol–water partition coefficient (Wildman–Crippen LogP) is 3.43. The van der Waals surface area contributed by atoms with Gasteiger partial charge in [-0.05, 0) is 43.9 Å². The van der Waals surface area contributed by atoms with Crippen molar-refractivity contribution in [2.24, 2.45) is 0 Å². The highest BCUT2D eigenvalue weighted by atomic mass is 16.2. The summed E-state index contributed by atoms with van der Waals surface area (Å²) < 4.78 is 0. The van der Waals surface area contributed by atoms with Gasteiger partial charge < -0.3 is 4.90 Å². The molecule has 4 nitrogen and oxygen atoms in total. The zero-order valence-corrected chi connectivity index (χ0v) is 12.9. The van der Waals surface area contributed by atoms with Crippen molar-refractivity contribution in [2.45, 2.75) is 38.6 Å². The van der Waals surface area contributed by atoms with Gasteiger partial charge in [-0.25, -0.2) is 4.98 Å². The Morgan fingerprint density at radius 2 is 2.14 bits per heavy atom. The highest BCUT2D eigenvalue weighted by Gasteiger charge is 2.23. The lowest BCUT2D eigenvalue weighted by Gasteiger charge is -2.34. The molecule has 2 aromatic rings. The van der Waals surface area contributed by atoms with Gasteiger partial charge in [0.05, 0.1) is 22.9 Å². The first kappa shape index (κ1) is 14.7. The SMILES string of the molecule is CCC1CCCCN1C(=O)C=Cc1cnc2ccccc2n1. The minimum Gasteiger partial charge on any atom is -0.336 e. The third-order valence-electron chi connectivity index (χ3n) is 4.25. The Morgan fingerprint density at radius 3 is 2.95 bits per heavy atom. The molecule has 1 unspecified atom stereocenters. The number of carbonyl (C=O) groups is 1. The number of hydrogen-bond donors (Lipinski definition) is 0. The summed E-state index contributed by atoms with van der Waals surface area (Å²) in [6, 6.07) is 8.13. The highest BCUT2D eigenvalue weighted by molar-refractivity contribution is 5.92. The number of piperidine rings is 1. The third-order valence-corrected chi connectivity index (χ3v) is 4.25. The molecule has 0 aliphatic carbocycles. The Labute approximate surface area is 130 Å². The molecule has 1 amide bonds. The van der Waals surface area contributed by atoms with E-state index in [9.17, 15) is 4.79 Å².